The molecule has 1 spiro atoms. The Bertz CT molecular complexity index is 496. The van der Waals surface area contributed by atoms with E-state index in [1.54, 1.807) is 16.8 Å². The fourth-order valence-electron chi connectivity index (χ4n) is 3.17. The predicted molar refractivity (Wildman–Crippen MR) is 74.7 cm³/mol. The van der Waals surface area contributed by atoms with E-state index in [4.69, 9.17) is 4.74 Å². The van der Waals surface area contributed by atoms with Crippen molar-refractivity contribution >= 4 is 22.4 Å². The van der Waals surface area contributed by atoms with Gasteiger partial charge in [-0.3, -0.25) is 4.79 Å². The van der Waals surface area contributed by atoms with Gasteiger partial charge in [-0.2, -0.15) is 0 Å². The maximum Gasteiger partial charge on any atom is 0.249 e. The van der Waals surface area contributed by atoms with Crippen molar-refractivity contribution in [2.24, 2.45) is 0 Å². The Morgan fingerprint density at radius 1 is 1.45 bits per heavy atom. The number of aromatic nitrogens is 2. The Labute approximate surface area is 121 Å². The summed E-state index contributed by atoms with van der Waals surface area (Å²) in [5.74, 6) is 0.0842. The second kappa shape index (κ2) is 4.66. The fourth-order valence-corrected chi connectivity index (χ4v) is 3.73. The minimum absolute atomic E-state index is 0.0842. The molecule has 2 aliphatic heterocycles. The Kier molecular flexibility index (Phi) is 2.92. The van der Waals surface area contributed by atoms with Crippen LogP contribution in [0.25, 0.3) is 0 Å². The summed E-state index contributed by atoms with van der Waals surface area (Å²) in [6.45, 7) is 1.66. The van der Waals surface area contributed by atoms with Gasteiger partial charge in [0, 0.05) is 6.04 Å². The zero-order valence-corrected chi connectivity index (χ0v) is 12.1. The summed E-state index contributed by atoms with van der Waals surface area (Å²) in [7, 11) is 0. The van der Waals surface area contributed by atoms with Gasteiger partial charge in [0.2, 0.25) is 11.0 Å². The van der Waals surface area contributed by atoms with Crippen molar-refractivity contribution in [3.63, 3.8) is 0 Å². The summed E-state index contributed by atoms with van der Waals surface area (Å²) >= 11 is 1.54. The van der Waals surface area contributed by atoms with Crippen molar-refractivity contribution in [3.05, 3.63) is 5.51 Å². The molecular weight excluding hydrogens is 276 g/mol. The lowest BCUT2D eigenvalue weighted by molar-refractivity contribution is -0.140. The highest BCUT2D eigenvalue weighted by Crippen LogP contribution is 2.40. The molecule has 1 atom stereocenters. The molecule has 20 heavy (non-hydrogen) atoms. The van der Waals surface area contributed by atoms with Gasteiger partial charge in [0.15, 0.2) is 0 Å². The van der Waals surface area contributed by atoms with Crippen molar-refractivity contribution in [3.8, 4) is 0 Å². The summed E-state index contributed by atoms with van der Waals surface area (Å²) in [5, 5.41) is 11.9. The molecule has 0 unspecified atom stereocenters. The lowest BCUT2D eigenvalue weighted by Gasteiger charge is -2.47. The van der Waals surface area contributed by atoms with Crippen LogP contribution < -0.4 is 10.2 Å². The van der Waals surface area contributed by atoms with Crippen LogP contribution in [0.5, 0.6) is 0 Å². The lowest BCUT2D eigenvalue weighted by Crippen LogP contribution is -2.62. The number of carbonyl (C=O) groups is 1. The van der Waals surface area contributed by atoms with Crippen molar-refractivity contribution in [1.29, 1.82) is 0 Å². The van der Waals surface area contributed by atoms with Crippen LogP contribution in [0.3, 0.4) is 0 Å². The van der Waals surface area contributed by atoms with Gasteiger partial charge < -0.3 is 15.0 Å². The molecule has 1 aromatic heterocycles. The second-order valence-electron chi connectivity index (χ2n) is 6.04. The van der Waals surface area contributed by atoms with Crippen LogP contribution in [0.1, 0.15) is 32.1 Å². The molecule has 6 nitrogen and oxygen atoms in total. The van der Waals surface area contributed by atoms with E-state index >= 15 is 0 Å². The van der Waals surface area contributed by atoms with E-state index in [1.165, 1.54) is 6.42 Å². The summed E-state index contributed by atoms with van der Waals surface area (Å²) in [6, 6.07) is 0.391. The minimum atomic E-state index is -0.257. The molecule has 7 heteroatoms. The van der Waals surface area contributed by atoms with Crippen LogP contribution in [0.15, 0.2) is 5.51 Å². The van der Waals surface area contributed by atoms with Crippen LogP contribution >= 0.6 is 11.3 Å². The van der Waals surface area contributed by atoms with Gasteiger partial charge in [0.1, 0.15) is 17.2 Å². The van der Waals surface area contributed by atoms with Gasteiger partial charge in [-0.25, -0.2) is 0 Å². The van der Waals surface area contributed by atoms with Gasteiger partial charge >= 0.3 is 0 Å². The largest absolute Gasteiger partial charge is 0.358 e. The third-order valence-electron chi connectivity index (χ3n) is 4.58. The number of anilines is 1. The molecule has 1 saturated carbocycles. The number of hydrogen-bond acceptors (Lipinski definition) is 6. The number of carbonyl (C=O) groups excluding carboxylic acids is 1. The van der Waals surface area contributed by atoms with Crippen LogP contribution in [-0.2, 0) is 9.53 Å². The van der Waals surface area contributed by atoms with E-state index < -0.39 is 0 Å². The molecule has 3 aliphatic rings. The topological polar surface area (TPSA) is 67.4 Å². The SMILES string of the molecule is O=C(NC1CCC1)[C@@H]1CCC2(CN(c3nncs3)C2)O1. The molecule has 3 heterocycles. The maximum atomic E-state index is 12.1. The summed E-state index contributed by atoms with van der Waals surface area (Å²) in [4.78, 5) is 14.3. The van der Waals surface area contributed by atoms with Crippen molar-refractivity contribution in [2.45, 2.75) is 49.9 Å². The molecule has 3 fully saturated rings. The van der Waals surface area contributed by atoms with E-state index in [9.17, 15) is 4.79 Å². The van der Waals surface area contributed by atoms with Gasteiger partial charge in [-0.15, -0.1) is 10.2 Å². The van der Waals surface area contributed by atoms with Crippen LogP contribution in [0.4, 0.5) is 5.13 Å². The highest BCUT2D eigenvalue weighted by atomic mass is 32.1. The molecule has 1 aromatic rings. The van der Waals surface area contributed by atoms with Gasteiger partial charge in [0.05, 0.1) is 13.1 Å². The zero-order chi connectivity index (χ0) is 13.6. The lowest BCUT2D eigenvalue weighted by atomic mass is 9.91. The summed E-state index contributed by atoms with van der Waals surface area (Å²) in [5.41, 5.74) is 1.61. The highest BCUT2D eigenvalue weighted by Gasteiger charge is 2.52. The van der Waals surface area contributed by atoms with Crippen molar-refractivity contribution in [2.75, 3.05) is 18.0 Å². The number of hydrogen-bond donors (Lipinski definition) is 1. The first-order valence-corrected chi connectivity index (χ1v) is 8.11. The van der Waals surface area contributed by atoms with E-state index in [0.717, 1.165) is 43.9 Å². The van der Waals surface area contributed by atoms with Crippen molar-refractivity contribution in [1.82, 2.24) is 15.5 Å². The number of ether oxygens (including phenoxy) is 1. The first kappa shape index (κ1) is 12.5. The average molecular weight is 294 g/mol. The number of amides is 1. The molecule has 108 valence electrons. The zero-order valence-electron chi connectivity index (χ0n) is 11.2. The Balaban J connectivity index is 1.31. The molecule has 4 rings (SSSR count). The predicted octanol–water partition coefficient (Wildman–Crippen LogP) is 0.945. The van der Waals surface area contributed by atoms with Crippen LogP contribution in [0, 0.1) is 0 Å². The Hall–Kier alpha value is -1.21. The molecule has 0 aromatic carbocycles. The standard InChI is InChI=1S/C13H18N4O2S/c18-11(15-9-2-1-3-9)10-4-5-13(19-10)6-17(7-13)12-16-14-8-20-12/h8-10H,1-7H2,(H,15,18)/t10-/m0/s1. The molecule has 0 bridgehead atoms. The smallest absolute Gasteiger partial charge is 0.249 e. The first-order valence-electron chi connectivity index (χ1n) is 7.23. The Morgan fingerprint density at radius 2 is 2.30 bits per heavy atom. The van der Waals surface area contributed by atoms with E-state index in [2.05, 4.69) is 20.4 Å². The number of nitrogens with one attached hydrogen (secondary N) is 1. The second-order valence-corrected chi connectivity index (χ2v) is 6.85. The maximum absolute atomic E-state index is 12.1. The molecule has 1 amide bonds. The summed E-state index contributed by atoms with van der Waals surface area (Å²) < 4.78 is 6.05. The van der Waals surface area contributed by atoms with Gasteiger partial charge in [-0.05, 0) is 32.1 Å². The fraction of sp³-hybridized carbons (Fsp3) is 0.769. The summed E-state index contributed by atoms with van der Waals surface area (Å²) in [6.07, 6.45) is 5.01. The molecule has 0 radical (unpaired) electrons. The quantitative estimate of drug-likeness (QED) is 0.899. The van der Waals surface area contributed by atoms with E-state index in [-0.39, 0.29) is 17.6 Å². The van der Waals surface area contributed by atoms with E-state index in [1.807, 2.05) is 0 Å². The number of nitrogens with zero attached hydrogens (tertiary/aromatic N) is 3. The van der Waals surface area contributed by atoms with Gasteiger partial charge in [0.25, 0.3) is 0 Å². The van der Waals surface area contributed by atoms with Crippen LogP contribution in [0.2, 0.25) is 0 Å². The molecule has 1 N–H and O–H groups in total. The normalized spacial score (nSPS) is 28.2. The molecular formula is C13H18N4O2S. The highest BCUT2D eigenvalue weighted by molar-refractivity contribution is 7.13. The first-order chi connectivity index (χ1) is 9.74. The van der Waals surface area contributed by atoms with Gasteiger partial charge in [-0.1, -0.05) is 11.3 Å². The van der Waals surface area contributed by atoms with Crippen molar-refractivity contribution < 1.29 is 9.53 Å². The third-order valence-corrected chi connectivity index (χ3v) is 5.33. The molecule has 1 aliphatic carbocycles. The Morgan fingerprint density at radius 3 is 2.95 bits per heavy atom. The number of rotatable bonds is 3. The third kappa shape index (κ3) is 2.09. The molecule has 2 saturated heterocycles. The minimum Gasteiger partial charge on any atom is -0.358 e. The van der Waals surface area contributed by atoms with Crippen LogP contribution in [-0.4, -0.2) is 46.9 Å². The van der Waals surface area contributed by atoms with E-state index in [0.29, 0.717) is 6.04 Å². The average Bonchev–Trinajstić information content (AvgIpc) is 2.99. The monoisotopic (exact) mass is 294 g/mol.